The van der Waals surface area contributed by atoms with Crippen molar-refractivity contribution >= 4 is 40.1 Å². The van der Waals surface area contributed by atoms with Crippen LogP contribution >= 0.6 is 11.8 Å². The third kappa shape index (κ3) is 2.42. The summed E-state index contributed by atoms with van der Waals surface area (Å²) in [4.78, 5) is 25.2. The smallest absolute Gasteiger partial charge is 0.327 e. The molecule has 1 fully saturated rings. The fourth-order valence-electron chi connectivity index (χ4n) is 2.45. The number of nitrogen functional groups attached to an aromatic ring is 1. The number of rotatable bonds is 2. The minimum Gasteiger partial charge on any atom is -0.480 e. The molecule has 21 heavy (non-hydrogen) atoms. The van der Waals surface area contributed by atoms with Gasteiger partial charge in [0.05, 0.1) is 11.4 Å². The van der Waals surface area contributed by atoms with Gasteiger partial charge in [-0.2, -0.15) is 0 Å². The number of hydrogen-bond acceptors (Lipinski definition) is 4. The third-order valence-electron chi connectivity index (χ3n) is 3.58. The van der Waals surface area contributed by atoms with E-state index in [-0.39, 0.29) is 5.91 Å². The Balaban J connectivity index is 2.01. The lowest BCUT2D eigenvalue weighted by molar-refractivity contribution is -0.140. The number of carbonyl (C=O) groups is 2. The van der Waals surface area contributed by atoms with Crippen LogP contribution in [-0.4, -0.2) is 39.6 Å². The Bertz CT molecular complexity index is 732. The highest BCUT2D eigenvalue weighted by atomic mass is 32.2. The maximum Gasteiger partial charge on any atom is 0.327 e. The lowest BCUT2D eigenvalue weighted by Gasteiger charge is -2.21. The van der Waals surface area contributed by atoms with Gasteiger partial charge in [-0.05, 0) is 22.9 Å². The molecule has 0 aromatic heterocycles. The molecule has 0 unspecified atom stereocenters. The standard InChI is InChI=1S/C15H14N2O3S/c16-12-6-10-4-2-1-3-9(10)5-11(12)14(18)17-8-21-7-13(17)15(19)20/h1-6,13H,7-8,16H2,(H,19,20)/t13-/m0/s1. The highest BCUT2D eigenvalue weighted by Gasteiger charge is 2.35. The van der Waals surface area contributed by atoms with Crippen LogP contribution in [0.5, 0.6) is 0 Å². The molecule has 1 saturated heterocycles. The fraction of sp³-hybridized carbons (Fsp3) is 0.200. The highest BCUT2D eigenvalue weighted by molar-refractivity contribution is 7.99. The zero-order valence-electron chi connectivity index (χ0n) is 11.2. The number of carboxylic acid groups (broad SMARTS) is 1. The molecular weight excluding hydrogens is 288 g/mol. The van der Waals surface area contributed by atoms with Crippen molar-refractivity contribution in [1.82, 2.24) is 4.90 Å². The van der Waals surface area contributed by atoms with Crippen molar-refractivity contribution in [2.24, 2.45) is 0 Å². The van der Waals surface area contributed by atoms with E-state index in [4.69, 9.17) is 5.73 Å². The summed E-state index contributed by atoms with van der Waals surface area (Å²) in [6.45, 7) is 0. The number of benzene rings is 2. The molecule has 3 N–H and O–H groups in total. The Kier molecular flexibility index (Phi) is 3.47. The first kappa shape index (κ1) is 13.8. The summed E-state index contributed by atoms with van der Waals surface area (Å²) in [5, 5.41) is 11.0. The van der Waals surface area contributed by atoms with Gasteiger partial charge in [0.1, 0.15) is 6.04 Å². The number of carbonyl (C=O) groups excluding carboxylic acids is 1. The molecule has 2 aromatic rings. The van der Waals surface area contributed by atoms with Gasteiger partial charge in [0.25, 0.3) is 5.91 Å². The SMILES string of the molecule is Nc1cc2ccccc2cc1C(=O)N1CSC[C@H]1C(=O)O. The summed E-state index contributed by atoms with van der Waals surface area (Å²) >= 11 is 1.43. The summed E-state index contributed by atoms with van der Waals surface area (Å²) in [5.74, 6) is -0.514. The number of hydrogen-bond donors (Lipinski definition) is 2. The van der Waals surface area contributed by atoms with Gasteiger partial charge in [0.15, 0.2) is 0 Å². The zero-order chi connectivity index (χ0) is 15.0. The zero-order valence-corrected chi connectivity index (χ0v) is 12.0. The second-order valence-electron chi connectivity index (χ2n) is 4.92. The van der Waals surface area contributed by atoms with E-state index in [1.54, 1.807) is 12.1 Å². The Morgan fingerprint density at radius 2 is 1.90 bits per heavy atom. The summed E-state index contributed by atoms with van der Waals surface area (Å²) in [7, 11) is 0. The summed E-state index contributed by atoms with van der Waals surface area (Å²) in [6, 6.07) is 10.3. The number of aliphatic carboxylic acids is 1. The second-order valence-corrected chi connectivity index (χ2v) is 5.92. The van der Waals surface area contributed by atoms with Crippen molar-refractivity contribution in [3.05, 3.63) is 42.0 Å². The molecule has 3 rings (SSSR count). The first-order valence-electron chi connectivity index (χ1n) is 6.47. The summed E-state index contributed by atoms with van der Waals surface area (Å²) in [6.07, 6.45) is 0. The van der Waals surface area contributed by atoms with Crippen molar-refractivity contribution < 1.29 is 14.7 Å². The predicted molar refractivity (Wildman–Crippen MR) is 83.3 cm³/mol. The van der Waals surface area contributed by atoms with Crippen molar-refractivity contribution in [2.75, 3.05) is 17.4 Å². The number of amides is 1. The molecule has 1 heterocycles. The van der Waals surface area contributed by atoms with Crippen molar-refractivity contribution in [1.29, 1.82) is 0 Å². The molecule has 0 aliphatic carbocycles. The number of nitrogens with zero attached hydrogens (tertiary/aromatic N) is 1. The number of anilines is 1. The van der Waals surface area contributed by atoms with Gasteiger partial charge in [0.2, 0.25) is 0 Å². The van der Waals surface area contributed by atoms with E-state index in [0.29, 0.717) is 22.9 Å². The number of carboxylic acids is 1. The third-order valence-corrected chi connectivity index (χ3v) is 4.59. The van der Waals surface area contributed by atoms with E-state index < -0.39 is 12.0 Å². The van der Waals surface area contributed by atoms with Crippen LogP contribution in [0.15, 0.2) is 36.4 Å². The molecule has 1 aliphatic rings. The van der Waals surface area contributed by atoms with Crippen LogP contribution in [0.25, 0.3) is 10.8 Å². The van der Waals surface area contributed by atoms with Crippen LogP contribution in [0.4, 0.5) is 5.69 Å². The van der Waals surface area contributed by atoms with Crippen LogP contribution in [0.2, 0.25) is 0 Å². The van der Waals surface area contributed by atoms with Crippen molar-refractivity contribution in [3.8, 4) is 0 Å². The molecule has 1 atom stereocenters. The van der Waals surface area contributed by atoms with Crippen LogP contribution in [0, 0.1) is 0 Å². The van der Waals surface area contributed by atoms with Crippen LogP contribution in [0.1, 0.15) is 10.4 Å². The maximum atomic E-state index is 12.6. The molecule has 6 heteroatoms. The van der Waals surface area contributed by atoms with E-state index in [0.717, 1.165) is 10.8 Å². The Hall–Kier alpha value is -2.21. The summed E-state index contributed by atoms with van der Waals surface area (Å²) in [5.41, 5.74) is 6.71. The second kappa shape index (κ2) is 5.29. The Morgan fingerprint density at radius 3 is 2.57 bits per heavy atom. The average Bonchev–Trinajstić information content (AvgIpc) is 2.95. The first-order valence-corrected chi connectivity index (χ1v) is 7.63. The van der Waals surface area contributed by atoms with Gasteiger partial charge in [-0.25, -0.2) is 4.79 Å². The van der Waals surface area contributed by atoms with Gasteiger partial charge in [0, 0.05) is 11.4 Å². The van der Waals surface area contributed by atoms with Gasteiger partial charge in [-0.1, -0.05) is 24.3 Å². The quantitative estimate of drug-likeness (QED) is 0.829. The van der Waals surface area contributed by atoms with Crippen molar-refractivity contribution in [3.63, 3.8) is 0 Å². The van der Waals surface area contributed by atoms with E-state index in [1.165, 1.54) is 16.7 Å². The van der Waals surface area contributed by atoms with Crippen LogP contribution in [-0.2, 0) is 4.79 Å². The summed E-state index contributed by atoms with van der Waals surface area (Å²) < 4.78 is 0. The number of nitrogens with two attached hydrogens (primary N) is 1. The molecular formula is C15H14N2O3S. The largest absolute Gasteiger partial charge is 0.480 e. The fourth-order valence-corrected chi connectivity index (χ4v) is 3.59. The minimum absolute atomic E-state index is 0.323. The molecule has 0 saturated carbocycles. The average molecular weight is 302 g/mol. The molecule has 2 aromatic carbocycles. The molecule has 5 nitrogen and oxygen atoms in total. The molecule has 0 radical (unpaired) electrons. The minimum atomic E-state index is -0.979. The predicted octanol–water partition coefficient (Wildman–Crippen LogP) is 2.02. The highest BCUT2D eigenvalue weighted by Crippen LogP contribution is 2.27. The monoisotopic (exact) mass is 302 g/mol. The van der Waals surface area contributed by atoms with E-state index in [1.807, 2.05) is 24.3 Å². The maximum absolute atomic E-state index is 12.6. The van der Waals surface area contributed by atoms with Gasteiger partial charge < -0.3 is 15.7 Å². The normalized spacial score (nSPS) is 18.1. The molecule has 0 spiro atoms. The first-order chi connectivity index (χ1) is 10.1. The lowest BCUT2D eigenvalue weighted by atomic mass is 10.0. The number of fused-ring (bicyclic) bond motifs is 1. The molecule has 1 amide bonds. The van der Waals surface area contributed by atoms with Gasteiger partial charge >= 0.3 is 5.97 Å². The van der Waals surface area contributed by atoms with Crippen molar-refractivity contribution in [2.45, 2.75) is 6.04 Å². The molecule has 1 aliphatic heterocycles. The Morgan fingerprint density at radius 1 is 1.24 bits per heavy atom. The van der Waals surface area contributed by atoms with Gasteiger partial charge in [-0.3, -0.25) is 4.79 Å². The van der Waals surface area contributed by atoms with Crippen LogP contribution < -0.4 is 5.73 Å². The topological polar surface area (TPSA) is 83.6 Å². The van der Waals surface area contributed by atoms with E-state index in [9.17, 15) is 14.7 Å². The van der Waals surface area contributed by atoms with Gasteiger partial charge in [-0.15, -0.1) is 11.8 Å². The Labute approximate surface area is 125 Å². The lowest BCUT2D eigenvalue weighted by Crippen LogP contribution is -2.42. The molecule has 0 bridgehead atoms. The van der Waals surface area contributed by atoms with Crippen LogP contribution in [0.3, 0.4) is 0 Å². The van der Waals surface area contributed by atoms with E-state index >= 15 is 0 Å². The number of thioether (sulfide) groups is 1. The van der Waals surface area contributed by atoms with E-state index in [2.05, 4.69) is 0 Å². The molecule has 108 valence electrons.